The lowest BCUT2D eigenvalue weighted by molar-refractivity contribution is -0.250. The average molecular weight is 653 g/mol. The van der Waals surface area contributed by atoms with E-state index in [9.17, 15) is 20.8 Å². The zero-order valence-electron chi connectivity index (χ0n) is 32.0. The average Bonchev–Trinajstić information content (AvgIpc) is 2.82. The lowest BCUT2D eigenvalue weighted by atomic mass is 9.80. The normalized spacial score (nSPS) is 33.3. The number of nitrogens with zero attached hydrogens (tertiary/aromatic N) is 4. The van der Waals surface area contributed by atoms with Crippen LogP contribution in [0.3, 0.4) is 0 Å². The molecule has 0 radical (unpaired) electrons. The zero-order valence-corrected chi connectivity index (χ0v) is 33.0. The summed E-state index contributed by atoms with van der Waals surface area (Å²) in [6, 6.07) is 0. The first-order chi connectivity index (χ1) is 19.9. The van der Waals surface area contributed by atoms with E-state index < -0.39 is 52.4 Å². The lowest BCUT2D eigenvalue weighted by Gasteiger charge is -2.69. The summed E-state index contributed by atoms with van der Waals surface area (Å²) in [7, 11) is -2.57. The molecule has 0 amide bonds. The minimum atomic E-state index is -2.57. The third-order valence-electron chi connectivity index (χ3n) is 13.4. The molecule has 0 aromatic heterocycles. The van der Waals surface area contributed by atoms with Crippen molar-refractivity contribution in [3.8, 4) is 0 Å². The maximum atomic E-state index is 11.6. The summed E-state index contributed by atoms with van der Waals surface area (Å²) in [6.07, 6.45) is 7.44. The molecule has 9 heteroatoms. The monoisotopic (exact) mass is 653 g/mol. The van der Waals surface area contributed by atoms with Crippen LogP contribution in [-0.4, -0.2) is 93.5 Å². The summed E-state index contributed by atoms with van der Waals surface area (Å²) >= 11 is 0. The molecule has 0 unspecified atom stereocenters. The highest BCUT2D eigenvalue weighted by Crippen LogP contribution is 2.69. The van der Waals surface area contributed by atoms with Crippen LogP contribution in [0.4, 0.5) is 0 Å². The van der Waals surface area contributed by atoms with Crippen molar-refractivity contribution in [3.05, 3.63) is 0 Å². The number of hydrogen-bond acceptors (Lipinski definition) is 8. The molecule has 4 N–H and O–H groups in total. The zero-order chi connectivity index (χ0) is 34.8. The first-order valence-corrected chi connectivity index (χ1v) is 20.1. The lowest BCUT2D eigenvalue weighted by Crippen LogP contribution is -2.72. The molecule has 45 heavy (non-hydrogen) atoms. The number of rotatable bonds is 4. The molecule has 264 valence electrons. The van der Waals surface area contributed by atoms with Gasteiger partial charge in [-0.15, -0.1) is 0 Å². The van der Waals surface area contributed by atoms with Crippen LogP contribution < -0.4 is 0 Å². The smallest absolute Gasteiger partial charge is 0.0665 e. The highest BCUT2D eigenvalue weighted by molar-refractivity contribution is 6.85. The van der Waals surface area contributed by atoms with Crippen molar-refractivity contribution in [1.82, 2.24) is 20.3 Å². The number of piperidine rings is 4. The maximum Gasteiger partial charge on any atom is 0.0665 e. The molecule has 0 spiro atoms. The Hall–Kier alpha value is -0.103. The van der Waals surface area contributed by atoms with E-state index in [1.165, 1.54) is 0 Å². The Morgan fingerprint density at radius 3 is 0.533 bits per heavy atom. The molecule has 4 aliphatic heterocycles. The summed E-state index contributed by atoms with van der Waals surface area (Å²) in [6.45, 7) is 35.5. The Kier molecular flexibility index (Phi) is 9.17. The largest absolute Gasteiger partial charge is 0.313 e. The topological polar surface area (TPSA) is 93.9 Å². The second-order valence-corrected chi connectivity index (χ2v) is 26.4. The van der Waals surface area contributed by atoms with Gasteiger partial charge in [-0.2, -0.15) is 20.3 Å². The molecule has 0 aliphatic carbocycles. The van der Waals surface area contributed by atoms with E-state index in [-0.39, 0.29) is 0 Å². The molecule has 0 aromatic rings. The van der Waals surface area contributed by atoms with Gasteiger partial charge in [0.15, 0.2) is 0 Å². The van der Waals surface area contributed by atoms with E-state index in [1.807, 2.05) is 0 Å². The first kappa shape index (κ1) is 37.7. The van der Waals surface area contributed by atoms with Crippen LogP contribution in [0.15, 0.2) is 0 Å². The maximum absolute atomic E-state index is 11.6. The fourth-order valence-corrected chi connectivity index (χ4v) is 23.3. The molecule has 8 nitrogen and oxygen atoms in total. The van der Waals surface area contributed by atoms with Gasteiger partial charge in [0, 0.05) is 44.3 Å². The second kappa shape index (κ2) is 10.9. The number of hydroxylamine groups is 8. The van der Waals surface area contributed by atoms with Crippen LogP contribution in [-0.2, 0) is 0 Å². The summed E-state index contributed by atoms with van der Waals surface area (Å²) in [4.78, 5) is 0. The molecule has 0 aromatic carbocycles. The van der Waals surface area contributed by atoms with Gasteiger partial charge in [-0.1, -0.05) is 0 Å². The van der Waals surface area contributed by atoms with E-state index in [0.717, 1.165) is 51.4 Å². The van der Waals surface area contributed by atoms with Crippen molar-refractivity contribution in [2.45, 2.75) is 229 Å². The number of hydrogen-bond donors (Lipinski definition) is 4. The molecule has 4 aliphatic rings. The third-order valence-corrected chi connectivity index (χ3v) is 20.7. The fraction of sp³-hybridized carbons (Fsp3) is 1.00. The van der Waals surface area contributed by atoms with Crippen LogP contribution in [0.2, 0.25) is 22.2 Å². The van der Waals surface area contributed by atoms with Gasteiger partial charge in [0.05, 0.1) is 8.07 Å². The highest BCUT2D eigenvalue weighted by atomic mass is 28.3. The van der Waals surface area contributed by atoms with Crippen molar-refractivity contribution in [3.63, 3.8) is 0 Å². The van der Waals surface area contributed by atoms with Crippen molar-refractivity contribution < 1.29 is 20.8 Å². The van der Waals surface area contributed by atoms with Gasteiger partial charge in [-0.05, 0) is 184 Å². The molecule has 0 atom stereocenters. The molecule has 0 saturated carbocycles. The highest BCUT2D eigenvalue weighted by Gasteiger charge is 2.68. The SMILES string of the molecule is CC1(C)CC([Si](C2CC(C)(C)N(O)C(C)(C)C2)(C2CC(C)(C)N(O)C(C)(C)C2)C2CC(C)(C)N(O)C(C)(C)C2)CC(C)(C)N1O. The Labute approximate surface area is 277 Å². The molecule has 4 rings (SSSR count). The van der Waals surface area contributed by atoms with E-state index in [0.29, 0.717) is 22.2 Å². The van der Waals surface area contributed by atoms with E-state index in [2.05, 4.69) is 111 Å². The molecule has 0 bridgehead atoms. The Bertz CT molecular complexity index is 871. The van der Waals surface area contributed by atoms with Crippen LogP contribution in [0.5, 0.6) is 0 Å². The van der Waals surface area contributed by atoms with Crippen LogP contribution in [0, 0.1) is 0 Å². The van der Waals surface area contributed by atoms with Crippen molar-refractivity contribution in [2.75, 3.05) is 0 Å². The summed E-state index contributed by atoms with van der Waals surface area (Å²) < 4.78 is 0. The van der Waals surface area contributed by atoms with E-state index in [1.54, 1.807) is 20.3 Å². The Morgan fingerprint density at radius 2 is 0.422 bits per heavy atom. The Balaban J connectivity index is 2.09. The van der Waals surface area contributed by atoms with E-state index >= 15 is 0 Å². The van der Waals surface area contributed by atoms with E-state index in [4.69, 9.17) is 0 Å². The van der Waals surface area contributed by atoms with Crippen LogP contribution in [0.25, 0.3) is 0 Å². The van der Waals surface area contributed by atoms with Gasteiger partial charge in [-0.3, -0.25) is 0 Å². The van der Waals surface area contributed by atoms with Crippen LogP contribution in [0.1, 0.15) is 162 Å². The molecule has 4 saturated heterocycles. The standard InChI is InChI=1S/C36H72N4O4Si/c1-29(2)17-25(18-30(3,4)37(29)41)45(26-19-31(5,6)38(42)32(7,8)20-26,27-21-33(9,10)39(43)34(11,12)22-27)28-23-35(13,14)40(44)36(15,16)24-28/h25-28,41-44H,17-24H2,1-16H3. The molecular weight excluding hydrogens is 581 g/mol. The molecule has 4 heterocycles. The van der Waals surface area contributed by atoms with Gasteiger partial charge in [0.2, 0.25) is 0 Å². The minimum Gasteiger partial charge on any atom is -0.313 e. The van der Waals surface area contributed by atoms with Gasteiger partial charge in [0.25, 0.3) is 0 Å². The predicted octanol–water partition coefficient (Wildman–Crippen LogP) is 9.08. The van der Waals surface area contributed by atoms with Crippen molar-refractivity contribution in [1.29, 1.82) is 0 Å². The predicted molar refractivity (Wildman–Crippen MR) is 185 cm³/mol. The van der Waals surface area contributed by atoms with Crippen molar-refractivity contribution in [2.24, 2.45) is 0 Å². The van der Waals surface area contributed by atoms with Gasteiger partial charge >= 0.3 is 0 Å². The summed E-state index contributed by atoms with van der Waals surface area (Å²) in [5.41, 5.74) is -1.41. The quantitative estimate of drug-likeness (QED) is 0.224. The Morgan fingerprint density at radius 1 is 0.311 bits per heavy atom. The third kappa shape index (κ3) is 6.15. The van der Waals surface area contributed by atoms with Crippen LogP contribution >= 0.6 is 0 Å². The summed E-state index contributed by atoms with van der Waals surface area (Å²) in [5.74, 6) is 0. The van der Waals surface area contributed by atoms with Gasteiger partial charge in [-0.25, -0.2) is 0 Å². The van der Waals surface area contributed by atoms with Gasteiger partial charge < -0.3 is 20.8 Å². The molecular formula is C36H72N4O4Si. The fourth-order valence-electron chi connectivity index (χ4n) is 12.5. The van der Waals surface area contributed by atoms with Gasteiger partial charge in [0.1, 0.15) is 0 Å². The van der Waals surface area contributed by atoms with Crippen molar-refractivity contribution >= 4 is 8.07 Å². The molecule has 4 fully saturated rings. The first-order valence-electron chi connectivity index (χ1n) is 17.8. The second-order valence-electron chi connectivity index (χ2n) is 21.2. The minimum absolute atomic E-state index is 0.390. The summed E-state index contributed by atoms with van der Waals surface area (Å²) in [5, 5.41) is 53.0.